The van der Waals surface area contributed by atoms with Crippen molar-refractivity contribution in [2.75, 3.05) is 65.2 Å². The standard InChI is InChI=1S/C37H48N2O8S/c1-28-5-12-33(13-6-28)48(41,42)39-25-37(47-27-30-9-14-36-35(23-30)38(17-20-46-36)16-4-19-43-2)34(24-32(39)15-18-40)31-10-7-29(8-11-31)26-45-22-21-44-3/h5-14,18,23,32,34,37H,4,15-17,19-22,24-27H2,1-3H3/t32-,34-,37+/m1/s1. The van der Waals surface area contributed by atoms with Gasteiger partial charge in [0.2, 0.25) is 10.0 Å². The van der Waals surface area contributed by atoms with Gasteiger partial charge >= 0.3 is 0 Å². The van der Waals surface area contributed by atoms with E-state index in [1.54, 1.807) is 38.5 Å². The lowest BCUT2D eigenvalue weighted by Crippen LogP contribution is -2.52. The summed E-state index contributed by atoms with van der Waals surface area (Å²) in [6.45, 7) is 6.81. The van der Waals surface area contributed by atoms with Crippen LogP contribution in [0.25, 0.3) is 0 Å². The number of hydrogen-bond acceptors (Lipinski definition) is 9. The Kier molecular flexibility index (Phi) is 13.0. The zero-order valence-electron chi connectivity index (χ0n) is 28.2. The van der Waals surface area contributed by atoms with Gasteiger partial charge in [-0.05, 0) is 60.7 Å². The Labute approximate surface area is 284 Å². The minimum Gasteiger partial charge on any atom is -0.490 e. The van der Waals surface area contributed by atoms with Crippen LogP contribution in [0.3, 0.4) is 0 Å². The summed E-state index contributed by atoms with van der Waals surface area (Å²) < 4.78 is 58.2. The summed E-state index contributed by atoms with van der Waals surface area (Å²) in [5.74, 6) is 0.714. The van der Waals surface area contributed by atoms with Gasteiger partial charge in [-0.1, -0.05) is 48.0 Å². The second-order valence-electron chi connectivity index (χ2n) is 12.4. The Hall–Kier alpha value is -3.32. The van der Waals surface area contributed by atoms with Crippen LogP contribution in [0.15, 0.2) is 71.6 Å². The average Bonchev–Trinajstić information content (AvgIpc) is 3.10. The maximum atomic E-state index is 14.0. The first-order chi connectivity index (χ1) is 23.3. The molecule has 260 valence electrons. The molecule has 48 heavy (non-hydrogen) atoms. The molecule has 10 nitrogen and oxygen atoms in total. The molecular formula is C37H48N2O8S. The first-order valence-corrected chi connectivity index (χ1v) is 18.1. The molecule has 0 bridgehead atoms. The SMILES string of the molecule is COCCCN1CCOc2ccc(CO[C@H]3CN(S(=O)(=O)c4ccc(C)cc4)[C@H](CC=O)C[C@@H]3c3ccc(COCCOC)cc3)cc21. The highest BCUT2D eigenvalue weighted by molar-refractivity contribution is 7.89. The molecule has 0 aliphatic carbocycles. The van der Waals surface area contributed by atoms with Crippen molar-refractivity contribution < 1.29 is 36.9 Å². The number of carbonyl (C=O) groups is 1. The van der Waals surface area contributed by atoms with Gasteiger partial charge in [0.15, 0.2) is 0 Å². The van der Waals surface area contributed by atoms with Crippen LogP contribution >= 0.6 is 0 Å². The van der Waals surface area contributed by atoms with Crippen LogP contribution in [0.4, 0.5) is 5.69 Å². The van der Waals surface area contributed by atoms with E-state index in [4.69, 9.17) is 23.7 Å². The molecule has 2 aliphatic heterocycles. The third kappa shape index (κ3) is 9.02. The molecule has 11 heteroatoms. The number of methoxy groups -OCH3 is 2. The zero-order valence-corrected chi connectivity index (χ0v) is 29.0. The van der Waals surface area contributed by atoms with Crippen LogP contribution in [0.1, 0.15) is 47.4 Å². The van der Waals surface area contributed by atoms with Crippen molar-refractivity contribution in [1.82, 2.24) is 4.31 Å². The minimum atomic E-state index is -3.89. The number of aryl methyl sites for hydroxylation is 1. The molecule has 3 atom stereocenters. The molecule has 1 fully saturated rings. The predicted molar refractivity (Wildman–Crippen MR) is 184 cm³/mol. The highest BCUT2D eigenvalue weighted by atomic mass is 32.2. The average molecular weight is 681 g/mol. The van der Waals surface area contributed by atoms with Crippen molar-refractivity contribution in [1.29, 1.82) is 0 Å². The molecule has 3 aromatic rings. The first kappa shape index (κ1) is 36.0. The van der Waals surface area contributed by atoms with Gasteiger partial charge in [-0.25, -0.2) is 8.42 Å². The summed E-state index contributed by atoms with van der Waals surface area (Å²) in [5.41, 5.74) is 5.03. The maximum absolute atomic E-state index is 14.0. The van der Waals surface area contributed by atoms with Gasteiger partial charge in [0, 0.05) is 52.3 Å². The van der Waals surface area contributed by atoms with E-state index in [0.29, 0.717) is 46.1 Å². The normalized spacial score (nSPS) is 19.9. The Morgan fingerprint density at radius 3 is 2.40 bits per heavy atom. The van der Waals surface area contributed by atoms with Crippen LogP contribution in [-0.2, 0) is 47.0 Å². The summed E-state index contributed by atoms with van der Waals surface area (Å²) in [7, 11) is -0.535. The number of nitrogens with zero attached hydrogens (tertiary/aromatic N) is 2. The molecule has 0 N–H and O–H groups in total. The molecule has 3 aromatic carbocycles. The van der Waals surface area contributed by atoms with E-state index in [1.165, 1.54) is 4.31 Å². The lowest BCUT2D eigenvalue weighted by atomic mass is 9.83. The number of benzene rings is 3. The first-order valence-electron chi connectivity index (χ1n) is 16.6. The molecular weight excluding hydrogens is 632 g/mol. The number of sulfonamides is 1. The third-order valence-corrected chi connectivity index (χ3v) is 11.0. The van der Waals surface area contributed by atoms with Crippen molar-refractivity contribution in [2.24, 2.45) is 0 Å². The van der Waals surface area contributed by atoms with Gasteiger partial charge in [-0.2, -0.15) is 4.31 Å². The number of piperidine rings is 1. The fourth-order valence-corrected chi connectivity index (χ4v) is 8.10. The molecule has 0 saturated carbocycles. The molecule has 0 radical (unpaired) electrons. The third-order valence-electron chi connectivity index (χ3n) is 9.07. The molecule has 5 rings (SSSR count). The van der Waals surface area contributed by atoms with Crippen molar-refractivity contribution >= 4 is 22.0 Å². The molecule has 0 amide bonds. The van der Waals surface area contributed by atoms with Crippen molar-refractivity contribution in [3.8, 4) is 5.75 Å². The fourth-order valence-electron chi connectivity index (χ4n) is 6.44. The van der Waals surface area contributed by atoms with Gasteiger partial charge in [-0.15, -0.1) is 0 Å². The van der Waals surface area contributed by atoms with E-state index in [0.717, 1.165) is 59.5 Å². The number of carbonyl (C=O) groups excluding carboxylic acids is 1. The van der Waals surface area contributed by atoms with Gasteiger partial charge in [-0.3, -0.25) is 0 Å². The van der Waals surface area contributed by atoms with E-state index in [1.807, 2.05) is 31.2 Å². The van der Waals surface area contributed by atoms with Gasteiger partial charge in [0.25, 0.3) is 0 Å². The van der Waals surface area contributed by atoms with Gasteiger partial charge in [0.05, 0.1) is 49.7 Å². The summed E-state index contributed by atoms with van der Waals surface area (Å²) in [4.78, 5) is 14.4. The minimum absolute atomic E-state index is 0.101. The summed E-state index contributed by atoms with van der Waals surface area (Å²) in [6.07, 6.45) is 1.81. The largest absolute Gasteiger partial charge is 0.490 e. The number of aldehydes is 1. The van der Waals surface area contributed by atoms with Crippen molar-refractivity contribution in [3.05, 3.63) is 89.0 Å². The van der Waals surface area contributed by atoms with E-state index in [-0.39, 0.29) is 23.8 Å². The van der Waals surface area contributed by atoms with Crippen LogP contribution in [0, 0.1) is 6.92 Å². The van der Waals surface area contributed by atoms with E-state index < -0.39 is 22.2 Å². The van der Waals surface area contributed by atoms with Crippen molar-refractivity contribution in [3.63, 3.8) is 0 Å². The van der Waals surface area contributed by atoms with Crippen LogP contribution in [0.5, 0.6) is 5.75 Å². The van der Waals surface area contributed by atoms with Crippen molar-refractivity contribution in [2.45, 2.75) is 62.4 Å². The highest BCUT2D eigenvalue weighted by Gasteiger charge is 2.42. The van der Waals surface area contributed by atoms with Crippen LogP contribution in [-0.4, -0.2) is 91.4 Å². The van der Waals surface area contributed by atoms with Crippen LogP contribution in [0.2, 0.25) is 0 Å². The molecule has 2 aliphatic rings. The van der Waals surface area contributed by atoms with Gasteiger partial charge < -0.3 is 33.4 Å². The Balaban J connectivity index is 1.40. The predicted octanol–water partition coefficient (Wildman–Crippen LogP) is 5.11. The quantitative estimate of drug-likeness (QED) is 0.142. The summed E-state index contributed by atoms with van der Waals surface area (Å²) in [5, 5.41) is 0. The number of hydrogen-bond donors (Lipinski definition) is 0. The number of ether oxygens (including phenoxy) is 5. The second-order valence-corrected chi connectivity index (χ2v) is 14.3. The molecule has 0 aromatic heterocycles. The van der Waals surface area contributed by atoms with Gasteiger partial charge in [0.1, 0.15) is 18.6 Å². The fraction of sp³-hybridized carbons (Fsp3) is 0.486. The second kappa shape index (κ2) is 17.4. The highest BCUT2D eigenvalue weighted by Crippen LogP contribution is 2.39. The van der Waals surface area contributed by atoms with E-state index in [2.05, 4.69) is 23.1 Å². The van der Waals surface area contributed by atoms with Crippen LogP contribution < -0.4 is 9.64 Å². The van der Waals surface area contributed by atoms with E-state index >= 15 is 0 Å². The molecule has 0 spiro atoms. The monoisotopic (exact) mass is 680 g/mol. The Morgan fingerprint density at radius 1 is 0.917 bits per heavy atom. The number of rotatable bonds is 17. The Morgan fingerprint density at radius 2 is 1.67 bits per heavy atom. The zero-order chi connectivity index (χ0) is 33.9. The Bertz CT molecular complexity index is 1570. The maximum Gasteiger partial charge on any atom is 0.243 e. The number of fused-ring (bicyclic) bond motifs is 1. The lowest BCUT2D eigenvalue weighted by molar-refractivity contribution is -0.109. The summed E-state index contributed by atoms with van der Waals surface area (Å²) >= 11 is 0. The van der Waals surface area contributed by atoms with E-state index in [9.17, 15) is 13.2 Å². The topological polar surface area (TPSA) is 104 Å². The molecule has 1 saturated heterocycles. The lowest BCUT2D eigenvalue weighted by Gasteiger charge is -2.43. The molecule has 2 heterocycles. The molecule has 0 unspecified atom stereocenters. The smallest absolute Gasteiger partial charge is 0.243 e. The number of anilines is 1. The summed E-state index contributed by atoms with van der Waals surface area (Å²) in [6, 6.07) is 20.6.